The molecule has 22 heavy (non-hydrogen) atoms. The Morgan fingerprint density at radius 1 is 1.23 bits per heavy atom. The largest absolute Gasteiger partial charge is 0.273 e. The zero-order valence-electron chi connectivity index (χ0n) is 12.7. The second-order valence-electron chi connectivity index (χ2n) is 5.79. The zero-order valence-corrected chi connectivity index (χ0v) is 13.5. The van der Waals surface area contributed by atoms with E-state index in [1.807, 2.05) is 26.0 Å². The first kappa shape index (κ1) is 16.5. The third-order valence-electron chi connectivity index (χ3n) is 3.75. The average Bonchev–Trinajstić information content (AvgIpc) is 2.78. The highest BCUT2D eigenvalue weighted by atomic mass is 32.2. The third-order valence-corrected chi connectivity index (χ3v) is 5.59. The Morgan fingerprint density at radius 3 is 2.59 bits per heavy atom. The summed E-state index contributed by atoms with van der Waals surface area (Å²) in [4.78, 5) is 23.8. The minimum absolute atomic E-state index is 0.0470. The van der Waals surface area contributed by atoms with Crippen molar-refractivity contribution in [1.82, 2.24) is 10.9 Å². The van der Waals surface area contributed by atoms with Crippen LogP contribution in [0.5, 0.6) is 0 Å². The molecular weight excluding hydrogens is 304 g/mol. The number of carbonyl (C=O) groups is 2. The Hall–Kier alpha value is -1.89. The molecule has 1 aromatic carbocycles. The topological polar surface area (TPSA) is 92.3 Å². The van der Waals surface area contributed by atoms with Crippen LogP contribution in [-0.4, -0.2) is 31.7 Å². The molecule has 0 unspecified atom stereocenters. The number of benzene rings is 1. The molecular formula is C15H20N2O4S. The first-order valence-corrected chi connectivity index (χ1v) is 8.96. The van der Waals surface area contributed by atoms with Gasteiger partial charge in [0.2, 0.25) is 5.91 Å². The van der Waals surface area contributed by atoms with Crippen molar-refractivity contribution < 1.29 is 18.0 Å². The number of carbonyl (C=O) groups excluding carboxylic acids is 2. The molecule has 0 radical (unpaired) electrons. The molecule has 1 saturated heterocycles. The molecule has 1 aliphatic rings. The smallest absolute Gasteiger partial charge is 0.269 e. The van der Waals surface area contributed by atoms with Crippen molar-refractivity contribution in [2.24, 2.45) is 5.92 Å². The fraction of sp³-hybridized carbons (Fsp3) is 0.467. The maximum Gasteiger partial charge on any atom is 0.269 e. The van der Waals surface area contributed by atoms with Crippen LogP contribution in [0.4, 0.5) is 0 Å². The molecule has 7 heteroatoms. The summed E-state index contributed by atoms with van der Waals surface area (Å²) in [6.45, 7) is 3.70. The van der Waals surface area contributed by atoms with Gasteiger partial charge in [0.1, 0.15) is 0 Å². The molecule has 1 fully saturated rings. The fourth-order valence-corrected chi connectivity index (χ4v) is 4.38. The standard InChI is InChI=1S/C15H20N2O4S/c1-10-3-4-11(2)13(7-10)15(19)17-16-14(18)8-12-5-6-22(20,21)9-12/h3-4,7,12H,5-6,8-9H2,1-2H3,(H,16,18)(H,17,19)/t12-/m0/s1. The molecule has 1 aliphatic heterocycles. The number of hydrogen-bond acceptors (Lipinski definition) is 4. The molecule has 2 rings (SSSR count). The summed E-state index contributed by atoms with van der Waals surface area (Å²) in [5, 5.41) is 0. The Balaban J connectivity index is 1.86. The molecule has 1 aromatic rings. The van der Waals surface area contributed by atoms with Crippen LogP contribution < -0.4 is 10.9 Å². The summed E-state index contributed by atoms with van der Waals surface area (Å²) in [5.41, 5.74) is 7.00. The van der Waals surface area contributed by atoms with Gasteiger partial charge in [-0.3, -0.25) is 20.4 Å². The highest BCUT2D eigenvalue weighted by molar-refractivity contribution is 7.91. The summed E-state index contributed by atoms with van der Waals surface area (Å²) < 4.78 is 22.7. The van der Waals surface area contributed by atoms with E-state index in [1.165, 1.54) is 0 Å². The van der Waals surface area contributed by atoms with E-state index in [0.717, 1.165) is 11.1 Å². The molecule has 0 bridgehead atoms. The number of aryl methyl sites for hydroxylation is 2. The number of sulfone groups is 1. The van der Waals surface area contributed by atoms with E-state index in [9.17, 15) is 18.0 Å². The van der Waals surface area contributed by atoms with Crippen LogP contribution in [0.2, 0.25) is 0 Å². The molecule has 0 aromatic heterocycles. The van der Waals surface area contributed by atoms with Crippen molar-refractivity contribution in [2.45, 2.75) is 26.7 Å². The van der Waals surface area contributed by atoms with Crippen LogP contribution in [0.25, 0.3) is 0 Å². The lowest BCUT2D eigenvalue weighted by molar-refractivity contribution is -0.122. The monoisotopic (exact) mass is 324 g/mol. The van der Waals surface area contributed by atoms with Gasteiger partial charge < -0.3 is 0 Å². The molecule has 2 N–H and O–H groups in total. The predicted octanol–water partition coefficient (Wildman–Crippen LogP) is 0.889. The van der Waals surface area contributed by atoms with Crippen molar-refractivity contribution in [2.75, 3.05) is 11.5 Å². The molecule has 6 nitrogen and oxygen atoms in total. The van der Waals surface area contributed by atoms with E-state index < -0.39 is 9.84 Å². The number of rotatable bonds is 3. The lowest BCUT2D eigenvalue weighted by Gasteiger charge is -2.11. The lowest BCUT2D eigenvalue weighted by Crippen LogP contribution is -2.42. The SMILES string of the molecule is Cc1ccc(C)c(C(=O)NNC(=O)C[C@@H]2CCS(=O)(=O)C2)c1. The van der Waals surface area contributed by atoms with Gasteiger partial charge in [0.15, 0.2) is 9.84 Å². The van der Waals surface area contributed by atoms with Crippen LogP contribution in [-0.2, 0) is 14.6 Å². The van der Waals surface area contributed by atoms with E-state index in [1.54, 1.807) is 6.07 Å². The first-order valence-electron chi connectivity index (χ1n) is 7.14. The van der Waals surface area contributed by atoms with Gasteiger partial charge in [-0.25, -0.2) is 8.42 Å². The van der Waals surface area contributed by atoms with Gasteiger partial charge in [-0.15, -0.1) is 0 Å². The number of amides is 2. The van der Waals surface area contributed by atoms with Crippen molar-refractivity contribution in [3.63, 3.8) is 0 Å². The lowest BCUT2D eigenvalue weighted by atomic mass is 10.1. The van der Waals surface area contributed by atoms with Gasteiger partial charge in [-0.2, -0.15) is 0 Å². The van der Waals surface area contributed by atoms with Crippen molar-refractivity contribution in [3.05, 3.63) is 34.9 Å². The van der Waals surface area contributed by atoms with E-state index in [4.69, 9.17) is 0 Å². The quantitative estimate of drug-likeness (QED) is 0.808. The highest BCUT2D eigenvalue weighted by Gasteiger charge is 2.29. The molecule has 0 spiro atoms. The fourth-order valence-electron chi connectivity index (χ4n) is 2.52. The molecule has 0 aliphatic carbocycles. The maximum atomic E-state index is 12.0. The third kappa shape index (κ3) is 4.30. The number of nitrogens with one attached hydrogen (secondary N) is 2. The van der Waals surface area contributed by atoms with Gasteiger partial charge in [0.05, 0.1) is 11.5 Å². The van der Waals surface area contributed by atoms with Gasteiger partial charge >= 0.3 is 0 Å². The Labute approximate surface area is 130 Å². The number of hydrazine groups is 1. The Kier molecular flexibility index (Phi) is 4.85. The molecule has 1 atom stereocenters. The van der Waals surface area contributed by atoms with Gasteiger partial charge in [0, 0.05) is 12.0 Å². The molecule has 0 saturated carbocycles. The minimum Gasteiger partial charge on any atom is -0.273 e. The van der Waals surface area contributed by atoms with Gasteiger partial charge in [-0.05, 0) is 37.8 Å². The summed E-state index contributed by atoms with van der Waals surface area (Å²) in [6, 6.07) is 5.50. The highest BCUT2D eigenvalue weighted by Crippen LogP contribution is 2.21. The van der Waals surface area contributed by atoms with Crippen molar-refractivity contribution >= 4 is 21.7 Å². The molecule has 1 heterocycles. The molecule has 120 valence electrons. The Morgan fingerprint density at radius 2 is 1.95 bits per heavy atom. The van der Waals surface area contributed by atoms with E-state index in [2.05, 4.69) is 10.9 Å². The summed E-state index contributed by atoms with van der Waals surface area (Å²) in [7, 11) is -2.99. The summed E-state index contributed by atoms with van der Waals surface area (Å²) in [6.07, 6.45) is 0.604. The minimum atomic E-state index is -2.99. The van der Waals surface area contributed by atoms with E-state index in [-0.39, 0.29) is 35.7 Å². The Bertz CT molecular complexity index is 697. The normalized spacial score (nSPS) is 19.6. The number of hydrogen-bond donors (Lipinski definition) is 2. The first-order chi connectivity index (χ1) is 10.3. The van der Waals surface area contributed by atoms with Gasteiger partial charge in [-0.1, -0.05) is 17.7 Å². The van der Waals surface area contributed by atoms with Crippen LogP contribution >= 0.6 is 0 Å². The summed E-state index contributed by atoms with van der Waals surface area (Å²) >= 11 is 0. The zero-order chi connectivity index (χ0) is 16.3. The van der Waals surface area contributed by atoms with Crippen LogP contribution in [0.15, 0.2) is 18.2 Å². The van der Waals surface area contributed by atoms with Crippen LogP contribution in [0.1, 0.15) is 34.3 Å². The van der Waals surface area contributed by atoms with Crippen LogP contribution in [0, 0.1) is 19.8 Å². The second-order valence-corrected chi connectivity index (χ2v) is 8.02. The predicted molar refractivity (Wildman–Crippen MR) is 82.9 cm³/mol. The second kappa shape index (κ2) is 6.48. The van der Waals surface area contributed by atoms with Crippen LogP contribution in [0.3, 0.4) is 0 Å². The van der Waals surface area contributed by atoms with Crippen molar-refractivity contribution in [3.8, 4) is 0 Å². The average molecular weight is 324 g/mol. The summed E-state index contributed by atoms with van der Waals surface area (Å²) in [5.74, 6) is -0.734. The maximum absolute atomic E-state index is 12.0. The van der Waals surface area contributed by atoms with E-state index in [0.29, 0.717) is 12.0 Å². The van der Waals surface area contributed by atoms with Gasteiger partial charge in [0.25, 0.3) is 5.91 Å². The van der Waals surface area contributed by atoms with Crippen molar-refractivity contribution in [1.29, 1.82) is 0 Å². The molecule has 2 amide bonds. The van der Waals surface area contributed by atoms with E-state index >= 15 is 0 Å².